The van der Waals surface area contributed by atoms with E-state index >= 15 is 0 Å². The van der Waals surface area contributed by atoms with Crippen LogP contribution in [-0.2, 0) is 0 Å². The van der Waals surface area contributed by atoms with Crippen molar-refractivity contribution in [1.82, 2.24) is 4.98 Å². The Balaban J connectivity index is 2.39. The summed E-state index contributed by atoms with van der Waals surface area (Å²) in [6.07, 6.45) is 1.53. The van der Waals surface area contributed by atoms with Gasteiger partial charge in [0.05, 0.1) is 0 Å². The van der Waals surface area contributed by atoms with Crippen molar-refractivity contribution in [1.29, 1.82) is 0 Å². The lowest BCUT2D eigenvalue weighted by atomic mass is 10.2. The lowest BCUT2D eigenvalue weighted by Gasteiger charge is -2.09. The Hall–Kier alpha value is -1.95. The minimum atomic E-state index is -1.19. The first kappa shape index (κ1) is 13.5. The Morgan fingerprint density at radius 3 is 2.79 bits per heavy atom. The molecule has 0 aliphatic carbocycles. The molecule has 0 spiro atoms. The molecule has 2 aromatic rings. The number of halogens is 2. The molecule has 0 saturated carbocycles. The van der Waals surface area contributed by atoms with Crippen molar-refractivity contribution in [3.8, 4) is 11.6 Å². The molecule has 1 heterocycles. The second kappa shape index (κ2) is 5.36. The maximum atomic E-state index is 13.2. The molecule has 0 radical (unpaired) electrons. The number of aromatic carboxylic acids is 1. The molecular formula is C13H9BrFNO3. The summed E-state index contributed by atoms with van der Waals surface area (Å²) in [7, 11) is 0. The number of ether oxygens (including phenoxy) is 1. The van der Waals surface area contributed by atoms with Crippen LogP contribution in [0.15, 0.2) is 34.9 Å². The summed E-state index contributed by atoms with van der Waals surface area (Å²) in [5.74, 6) is -1.65. The van der Waals surface area contributed by atoms with Crippen LogP contribution in [0, 0.1) is 12.7 Å². The van der Waals surface area contributed by atoms with Gasteiger partial charge in [-0.05, 0) is 40.5 Å². The standard InChI is InChI=1S/C13H9BrFNO3/c1-7-4-12(16-6-10(7)14)19-11-5-8(15)2-3-9(11)13(17)18/h2-6H,1H3,(H,17,18). The predicted octanol–water partition coefficient (Wildman–Crippen LogP) is 3.78. The lowest BCUT2D eigenvalue weighted by Crippen LogP contribution is -2.01. The van der Waals surface area contributed by atoms with Crippen molar-refractivity contribution in [3.05, 3.63) is 51.9 Å². The zero-order chi connectivity index (χ0) is 14.0. The number of pyridine rings is 1. The third-order valence-electron chi connectivity index (χ3n) is 2.41. The molecule has 0 amide bonds. The normalized spacial score (nSPS) is 10.3. The van der Waals surface area contributed by atoms with Crippen molar-refractivity contribution < 1.29 is 19.0 Å². The average molecular weight is 326 g/mol. The van der Waals surface area contributed by atoms with Gasteiger partial charge < -0.3 is 9.84 Å². The SMILES string of the molecule is Cc1cc(Oc2cc(F)ccc2C(=O)O)ncc1Br. The average Bonchev–Trinajstić information content (AvgIpc) is 2.33. The minimum absolute atomic E-state index is 0.0817. The summed E-state index contributed by atoms with van der Waals surface area (Å²) in [6, 6.07) is 4.86. The fourth-order valence-electron chi connectivity index (χ4n) is 1.44. The van der Waals surface area contributed by atoms with Gasteiger partial charge in [0, 0.05) is 22.8 Å². The molecular weight excluding hydrogens is 317 g/mol. The third-order valence-corrected chi connectivity index (χ3v) is 3.24. The molecule has 0 fully saturated rings. The molecule has 4 nitrogen and oxygen atoms in total. The Kier molecular flexibility index (Phi) is 3.80. The maximum absolute atomic E-state index is 13.2. The zero-order valence-corrected chi connectivity index (χ0v) is 11.4. The third kappa shape index (κ3) is 3.08. The lowest BCUT2D eigenvalue weighted by molar-refractivity contribution is 0.0694. The summed E-state index contributed by atoms with van der Waals surface area (Å²) >= 11 is 3.29. The van der Waals surface area contributed by atoms with E-state index in [1.54, 1.807) is 6.07 Å². The van der Waals surface area contributed by atoms with Crippen LogP contribution in [0.4, 0.5) is 4.39 Å². The van der Waals surface area contributed by atoms with Crippen molar-refractivity contribution in [2.45, 2.75) is 6.92 Å². The quantitative estimate of drug-likeness (QED) is 0.932. The molecule has 1 N–H and O–H groups in total. The van der Waals surface area contributed by atoms with Gasteiger partial charge in [0.1, 0.15) is 17.1 Å². The molecule has 0 bridgehead atoms. The van der Waals surface area contributed by atoms with Crippen molar-refractivity contribution in [3.63, 3.8) is 0 Å². The number of hydrogen-bond acceptors (Lipinski definition) is 3. The van der Waals surface area contributed by atoms with Gasteiger partial charge >= 0.3 is 5.97 Å². The molecule has 98 valence electrons. The van der Waals surface area contributed by atoms with Gasteiger partial charge in [0.15, 0.2) is 0 Å². The molecule has 0 aliphatic rings. The molecule has 0 atom stereocenters. The van der Waals surface area contributed by atoms with Crippen LogP contribution in [0.3, 0.4) is 0 Å². The van der Waals surface area contributed by atoms with Crippen LogP contribution in [0.1, 0.15) is 15.9 Å². The van der Waals surface area contributed by atoms with E-state index < -0.39 is 11.8 Å². The highest BCUT2D eigenvalue weighted by Gasteiger charge is 2.14. The van der Waals surface area contributed by atoms with Gasteiger partial charge in [0.2, 0.25) is 5.88 Å². The van der Waals surface area contributed by atoms with Crippen LogP contribution in [0.25, 0.3) is 0 Å². The summed E-state index contributed by atoms with van der Waals surface area (Å²) in [5, 5.41) is 9.00. The monoisotopic (exact) mass is 325 g/mol. The van der Waals surface area contributed by atoms with E-state index in [2.05, 4.69) is 20.9 Å². The highest BCUT2D eigenvalue weighted by atomic mass is 79.9. The number of benzene rings is 1. The van der Waals surface area contributed by atoms with E-state index in [1.165, 1.54) is 6.20 Å². The predicted molar refractivity (Wildman–Crippen MR) is 70.1 cm³/mol. The molecule has 1 aromatic heterocycles. The number of rotatable bonds is 3. The first-order valence-corrected chi connectivity index (χ1v) is 6.09. The van der Waals surface area contributed by atoms with E-state index in [1.807, 2.05) is 6.92 Å². The molecule has 1 aromatic carbocycles. The number of aryl methyl sites for hydroxylation is 1. The zero-order valence-electron chi connectivity index (χ0n) is 9.85. The molecule has 19 heavy (non-hydrogen) atoms. The maximum Gasteiger partial charge on any atom is 0.339 e. The summed E-state index contributed by atoms with van der Waals surface area (Å²) < 4.78 is 19.3. The largest absolute Gasteiger partial charge is 0.478 e. The van der Waals surface area contributed by atoms with Crippen LogP contribution in [-0.4, -0.2) is 16.1 Å². The number of carbonyl (C=O) groups is 1. The van der Waals surface area contributed by atoms with Crippen LogP contribution in [0.5, 0.6) is 11.6 Å². The molecule has 0 unspecified atom stereocenters. The fraction of sp³-hybridized carbons (Fsp3) is 0.0769. The molecule has 0 saturated heterocycles. The van der Waals surface area contributed by atoms with Gasteiger partial charge in [-0.25, -0.2) is 14.2 Å². The Labute approximate surface area is 117 Å². The summed E-state index contributed by atoms with van der Waals surface area (Å²) in [4.78, 5) is 15.0. The minimum Gasteiger partial charge on any atom is -0.478 e. The summed E-state index contributed by atoms with van der Waals surface area (Å²) in [5.41, 5.74) is 0.752. The Morgan fingerprint density at radius 2 is 2.16 bits per heavy atom. The number of hydrogen-bond donors (Lipinski definition) is 1. The Morgan fingerprint density at radius 1 is 1.42 bits per heavy atom. The van der Waals surface area contributed by atoms with Crippen molar-refractivity contribution in [2.75, 3.05) is 0 Å². The number of carboxylic acid groups (broad SMARTS) is 1. The van der Waals surface area contributed by atoms with E-state index in [4.69, 9.17) is 9.84 Å². The van der Waals surface area contributed by atoms with E-state index in [-0.39, 0.29) is 17.2 Å². The number of aromatic nitrogens is 1. The van der Waals surface area contributed by atoms with E-state index in [0.717, 1.165) is 28.2 Å². The first-order valence-electron chi connectivity index (χ1n) is 5.30. The van der Waals surface area contributed by atoms with Crippen LogP contribution >= 0.6 is 15.9 Å². The van der Waals surface area contributed by atoms with E-state index in [0.29, 0.717) is 0 Å². The second-order valence-electron chi connectivity index (χ2n) is 3.82. The highest BCUT2D eigenvalue weighted by Crippen LogP contribution is 2.27. The van der Waals surface area contributed by atoms with Gasteiger partial charge in [0.25, 0.3) is 0 Å². The fourth-order valence-corrected chi connectivity index (χ4v) is 1.66. The summed E-state index contributed by atoms with van der Waals surface area (Å²) in [6.45, 7) is 1.84. The van der Waals surface area contributed by atoms with E-state index in [9.17, 15) is 9.18 Å². The van der Waals surface area contributed by atoms with Crippen LogP contribution < -0.4 is 4.74 Å². The number of nitrogens with zero attached hydrogens (tertiary/aromatic N) is 1. The Bertz CT molecular complexity index is 646. The van der Waals surface area contributed by atoms with Crippen molar-refractivity contribution >= 4 is 21.9 Å². The topological polar surface area (TPSA) is 59.4 Å². The molecule has 0 aliphatic heterocycles. The van der Waals surface area contributed by atoms with Gasteiger partial charge in [-0.2, -0.15) is 0 Å². The van der Waals surface area contributed by atoms with Gasteiger partial charge in [-0.1, -0.05) is 0 Å². The van der Waals surface area contributed by atoms with Gasteiger partial charge in [-0.15, -0.1) is 0 Å². The molecule has 6 heteroatoms. The van der Waals surface area contributed by atoms with Crippen LogP contribution in [0.2, 0.25) is 0 Å². The highest BCUT2D eigenvalue weighted by molar-refractivity contribution is 9.10. The number of carboxylic acids is 1. The first-order chi connectivity index (χ1) is 8.97. The molecule has 2 rings (SSSR count). The second-order valence-corrected chi connectivity index (χ2v) is 4.67. The van der Waals surface area contributed by atoms with Crippen molar-refractivity contribution in [2.24, 2.45) is 0 Å². The smallest absolute Gasteiger partial charge is 0.339 e. The van der Waals surface area contributed by atoms with Gasteiger partial charge in [-0.3, -0.25) is 0 Å².